The summed E-state index contributed by atoms with van der Waals surface area (Å²) in [6, 6.07) is 9.87. The molecule has 2 aromatic rings. The molecule has 0 bridgehead atoms. The zero-order chi connectivity index (χ0) is 15.4. The van der Waals surface area contributed by atoms with Crippen molar-refractivity contribution in [3.63, 3.8) is 0 Å². The summed E-state index contributed by atoms with van der Waals surface area (Å²) >= 11 is 0. The van der Waals surface area contributed by atoms with Crippen molar-refractivity contribution in [1.29, 1.82) is 0 Å². The van der Waals surface area contributed by atoms with Gasteiger partial charge in [0, 0.05) is 24.0 Å². The fraction of sp³-hybridized carbons (Fsp3) is 0.389. The summed E-state index contributed by atoms with van der Waals surface area (Å²) in [6.45, 7) is 2.61. The van der Waals surface area contributed by atoms with Crippen molar-refractivity contribution in [2.45, 2.75) is 12.8 Å². The van der Waals surface area contributed by atoms with Crippen LogP contribution in [0.15, 0.2) is 30.3 Å². The van der Waals surface area contributed by atoms with Crippen molar-refractivity contribution in [3.8, 4) is 12.3 Å². The molecule has 0 radical (unpaired) electrons. The minimum Gasteiger partial charge on any atom is -0.369 e. The number of para-hydroxylation sites is 1. The van der Waals surface area contributed by atoms with Gasteiger partial charge in [0.2, 0.25) is 0 Å². The molecular formula is C18H20N2O2. The first-order chi connectivity index (χ1) is 10.8. The quantitative estimate of drug-likeness (QED) is 0.696. The van der Waals surface area contributed by atoms with Crippen LogP contribution in [-0.2, 0) is 4.74 Å². The molecule has 1 aliphatic heterocycles. The SMILES string of the molecule is C#CCOCC1CCN(C(=O)c2cc3ccccc3[nH]2)CC1. The number of hydrogen-bond acceptors (Lipinski definition) is 2. The summed E-state index contributed by atoms with van der Waals surface area (Å²) in [4.78, 5) is 17.7. The predicted octanol–water partition coefficient (Wildman–Crippen LogP) is 2.67. The van der Waals surface area contributed by atoms with E-state index >= 15 is 0 Å². The summed E-state index contributed by atoms with van der Waals surface area (Å²) in [7, 11) is 0. The molecule has 0 saturated carbocycles. The van der Waals surface area contributed by atoms with Crippen LogP contribution in [-0.4, -0.2) is 42.1 Å². The number of aromatic amines is 1. The van der Waals surface area contributed by atoms with Crippen molar-refractivity contribution in [2.24, 2.45) is 5.92 Å². The molecule has 0 unspecified atom stereocenters. The predicted molar refractivity (Wildman–Crippen MR) is 86.6 cm³/mol. The maximum Gasteiger partial charge on any atom is 0.270 e. The number of carbonyl (C=O) groups excluding carboxylic acids is 1. The molecule has 0 atom stereocenters. The van der Waals surface area contributed by atoms with E-state index in [9.17, 15) is 4.79 Å². The maximum absolute atomic E-state index is 12.6. The number of nitrogens with one attached hydrogen (secondary N) is 1. The molecule has 4 heteroatoms. The molecule has 1 amide bonds. The van der Waals surface area contributed by atoms with E-state index in [2.05, 4.69) is 10.9 Å². The molecular weight excluding hydrogens is 276 g/mol. The van der Waals surface area contributed by atoms with Crippen molar-refractivity contribution >= 4 is 16.8 Å². The van der Waals surface area contributed by atoms with Gasteiger partial charge in [0.15, 0.2) is 0 Å². The number of rotatable bonds is 4. The topological polar surface area (TPSA) is 45.3 Å². The number of piperidine rings is 1. The number of carbonyl (C=O) groups is 1. The van der Waals surface area contributed by atoms with Gasteiger partial charge in [-0.1, -0.05) is 24.1 Å². The molecule has 4 nitrogen and oxygen atoms in total. The number of hydrogen-bond donors (Lipinski definition) is 1. The van der Waals surface area contributed by atoms with E-state index in [-0.39, 0.29) is 5.91 Å². The average molecular weight is 296 g/mol. The van der Waals surface area contributed by atoms with Gasteiger partial charge in [-0.25, -0.2) is 0 Å². The number of likely N-dealkylation sites (tertiary alicyclic amines) is 1. The molecule has 1 aromatic carbocycles. The minimum absolute atomic E-state index is 0.0826. The Morgan fingerprint density at radius 2 is 2.14 bits per heavy atom. The second-order valence-corrected chi connectivity index (χ2v) is 5.73. The summed E-state index contributed by atoms with van der Waals surface area (Å²) < 4.78 is 5.40. The van der Waals surface area contributed by atoms with Gasteiger partial charge in [-0.05, 0) is 30.9 Å². The van der Waals surface area contributed by atoms with Crippen LogP contribution >= 0.6 is 0 Å². The second kappa shape index (κ2) is 6.67. The molecule has 1 aromatic heterocycles. The largest absolute Gasteiger partial charge is 0.369 e. The van der Waals surface area contributed by atoms with Gasteiger partial charge in [0.1, 0.15) is 12.3 Å². The second-order valence-electron chi connectivity index (χ2n) is 5.73. The van der Waals surface area contributed by atoms with Crippen LogP contribution in [0.4, 0.5) is 0 Å². The van der Waals surface area contributed by atoms with Gasteiger partial charge >= 0.3 is 0 Å². The Labute approximate surface area is 130 Å². The lowest BCUT2D eigenvalue weighted by Gasteiger charge is -2.31. The van der Waals surface area contributed by atoms with Crippen LogP contribution in [0.25, 0.3) is 10.9 Å². The number of benzene rings is 1. The minimum atomic E-state index is 0.0826. The molecule has 0 aliphatic carbocycles. The highest BCUT2D eigenvalue weighted by atomic mass is 16.5. The number of aromatic nitrogens is 1. The Kier molecular flexibility index (Phi) is 4.45. The first kappa shape index (κ1) is 14.7. The van der Waals surface area contributed by atoms with Crippen LogP contribution < -0.4 is 0 Å². The van der Waals surface area contributed by atoms with Crippen LogP contribution in [0.5, 0.6) is 0 Å². The van der Waals surface area contributed by atoms with Gasteiger partial charge < -0.3 is 14.6 Å². The lowest BCUT2D eigenvalue weighted by atomic mass is 9.97. The Morgan fingerprint density at radius 3 is 2.86 bits per heavy atom. The first-order valence-electron chi connectivity index (χ1n) is 7.66. The zero-order valence-electron chi connectivity index (χ0n) is 12.5. The van der Waals surface area contributed by atoms with E-state index in [1.807, 2.05) is 35.2 Å². The van der Waals surface area contributed by atoms with Gasteiger partial charge in [-0.15, -0.1) is 6.42 Å². The normalized spacial score (nSPS) is 15.9. The van der Waals surface area contributed by atoms with Crippen LogP contribution in [0.3, 0.4) is 0 Å². The summed E-state index contributed by atoms with van der Waals surface area (Å²) in [6.07, 6.45) is 7.11. The monoisotopic (exact) mass is 296 g/mol. The number of amides is 1. The Balaban J connectivity index is 1.59. The number of fused-ring (bicyclic) bond motifs is 1. The standard InChI is InChI=1S/C18H20N2O2/c1-2-11-22-13-14-7-9-20(10-8-14)18(21)17-12-15-5-3-4-6-16(15)19-17/h1,3-6,12,14,19H,7-11,13H2. The fourth-order valence-corrected chi connectivity index (χ4v) is 2.95. The smallest absolute Gasteiger partial charge is 0.270 e. The van der Waals surface area contributed by atoms with Crippen LogP contribution in [0, 0.1) is 18.3 Å². The first-order valence-corrected chi connectivity index (χ1v) is 7.66. The Morgan fingerprint density at radius 1 is 1.36 bits per heavy atom. The Hall–Kier alpha value is -2.25. The summed E-state index contributed by atoms with van der Waals surface area (Å²) in [5, 5.41) is 1.07. The number of nitrogens with zero attached hydrogens (tertiary/aromatic N) is 1. The molecule has 0 spiro atoms. The lowest BCUT2D eigenvalue weighted by molar-refractivity contribution is 0.0578. The lowest BCUT2D eigenvalue weighted by Crippen LogP contribution is -2.39. The van der Waals surface area contributed by atoms with Gasteiger partial charge in [0.25, 0.3) is 5.91 Å². The summed E-state index contributed by atoms with van der Waals surface area (Å²) in [5.41, 5.74) is 1.67. The highest BCUT2D eigenvalue weighted by Gasteiger charge is 2.24. The molecule has 3 rings (SSSR count). The molecule has 114 valence electrons. The number of H-pyrrole nitrogens is 1. The molecule has 2 heterocycles. The van der Waals surface area contributed by atoms with E-state index < -0.39 is 0 Å². The Bertz CT molecular complexity index is 657. The highest BCUT2D eigenvalue weighted by molar-refractivity contribution is 5.98. The summed E-state index contributed by atoms with van der Waals surface area (Å²) in [5.74, 6) is 3.06. The van der Waals surface area contributed by atoms with E-state index in [1.54, 1.807) is 0 Å². The van der Waals surface area contributed by atoms with Crippen molar-refractivity contribution in [3.05, 3.63) is 36.0 Å². The molecule has 1 saturated heterocycles. The van der Waals surface area contributed by atoms with Crippen molar-refractivity contribution in [2.75, 3.05) is 26.3 Å². The van der Waals surface area contributed by atoms with Gasteiger partial charge in [0.05, 0.1) is 6.61 Å². The van der Waals surface area contributed by atoms with E-state index in [1.165, 1.54) is 0 Å². The third-order valence-corrected chi connectivity index (χ3v) is 4.20. The molecule has 1 N–H and O–H groups in total. The molecule has 22 heavy (non-hydrogen) atoms. The number of ether oxygens (including phenoxy) is 1. The zero-order valence-corrected chi connectivity index (χ0v) is 12.5. The third-order valence-electron chi connectivity index (χ3n) is 4.20. The number of terminal acetylenes is 1. The maximum atomic E-state index is 12.6. The molecule has 1 aliphatic rings. The fourth-order valence-electron chi connectivity index (χ4n) is 2.95. The van der Waals surface area contributed by atoms with Crippen molar-refractivity contribution in [1.82, 2.24) is 9.88 Å². The van der Waals surface area contributed by atoms with Crippen LogP contribution in [0.2, 0.25) is 0 Å². The van der Waals surface area contributed by atoms with E-state index in [0.717, 1.165) is 36.8 Å². The van der Waals surface area contributed by atoms with Crippen molar-refractivity contribution < 1.29 is 9.53 Å². The average Bonchev–Trinajstić information content (AvgIpc) is 2.99. The molecule has 1 fully saturated rings. The van der Waals surface area contributed by atoms with Crippen LogP contribution in [0.1, 0.15) is 23.3 Å². The van der Waals surface area contributed by atoms with E-state index in [4.69, 9.17) is 11.2 Å². The van der Waals surface area contributed by atoms with Gasteiger partial charge in [-0.3, -0.25) is 4.79 Å². The van der Waals surface area contributed by atoms with Gasteiger partial charge in [-0.2, -0.15) is 0 Å². The highest BCUT2D eigenvalue weighted by Crippen LogP contribution is 2.21. The third kappa shape index (κ3) is 3.15. The van der Waals surface area contributed by atoms with E-state index in [0.29, 0.717) is 24.8 Å².